The summed E-state index contributed by atoms with van der Waals surface area (Å²) < 4.78 is 12.4. The second-order valence-corrected chi connectivity index (χ2v) is 7.26. The van der Waals surface area contributed by atoms with Gasteiger partial charge >= 0.3 is 5.63 Å². The highest BCUT2D eigenvalue weighted by Crippen LogP contribution is 2.24. The SMILES string of the molecule is CCCNC(=O)c1nn(CC)cc1NC(=O)c1cc(=O)oc2cc(OC(C)C)ccc12. The number of carbonyl (C=O) groups excluding carboxylic acids is 2. The van der Waals surface area contributed by atoms with Crippen molar-refractivity contribution < 1.29 is 18.7 Å². The molecule has 164 valence electrons. The fourth-order valence-electron chi connectivity index (χ4n) is 3.03. The Hall–Kier alpha value is -3.62. The molecule has 0 radical (unpaired) electrons. The third-order valence-corrected chi connectivity index (χ3v) is 4.42. The molecule has 0 spiro atoms. The highest BCUT2D eigenvalue weighted by molar-refractivity contribution is 6.13. The van der Waals surface area contributed by atoms with Crippen molar-refractivity contribution in [3.05, 3.63) is 52.1 Å². The first-order chi connectivity index (χ1) is 14.8. The highest BCUT2D eigenvalue weighted by Gasteiger charge is 2.21. The molecule has 2 amide bonds. The highest BCUT2D eigenvalue weighted by atomic mass is 16.5. The molecular formula is C22H26N4O5. The van der Waals surface area contributed by atoms with E-state index in [9.17, 15) is 14.4 Å². The summed E-state index contributed by atoms with van der Waals surface area (Å²) in [6.07, 6.45) is 2.31. The Balaban J connectivity index is 1.96. The Bertz CT molecular complexity index is 1160. The summed E-state index contributed by atoms with van der Waals surface area (Å²) in [6.45, 7) is 8.61. The van der Waals surface area contributed by atoms with Crippen LogP contribution in [0.2, 0.25) is 0 Å². The molecule has 0 aliphatic rings. The Kier molecular flexibility index (Phi) is 6.74. The molecule has 0 fully saturated rings. The zero-order valence-corrected chi connectivity index (χ0v) is 18.0. The summed E-state index contributed by atoms with van der Waals surface area (Å²) in [5, 5.41) is 10.2. The van der Waals surface area contributed by atoms with Crippen molar-refractivity contribution in [1.82, 2.24) is 15.1 Å². The van der Waals surface area contributed by atoms with Crippen molar-refractivity contribution in [3.63, 3.8) is 0 Å². The predicted octanol–water partition coefficient (Wildman–Crippen LogP) is 3.19. The molecule has 2 aromatic heterocycles. The number of nitrogens with zero attached hydrogens (tertiary/aromatic N) is 2. The Labute approximate surface area is 179 Å². The minimum atomic E-state index is -0.662. The third kappa shape index (κ3) is 5.11. The first-order valence-corrected chi connectivity index (χ1v) is 10.2. The van der Waals surface area contributed by atoms with Gasteiger partial charge in [-0.3, -0.25) is 14.3 Å². The summed E-state index contributed by atoms with van der Waals surface area (Å²) in [4.78, 5) is 37.6. The Morgan fingerprint density at radius 1 is 1.19 bits per heavy atom. The molecule has 1 aromatic carbocycles. The largest absolute Gasteiger partial charge is 0.491 e. The van der Waals surface area contributed by atoms with Gasteiger partial charge in [-0.1, -0.05) is 6.92 Å². The summed E-state index contributed by atoms with van der Waals surface area (Å²) in [6, 6.07) is 6.07. The van der Waals surface area contributed by atoms with Gasteiger partial charge in [0.1, 0.15) is 11.3 Å². The molecule has 0 bridgehead atoms. The minimum absolute atomic E-state index is 0.0527. The molecule has 0 saturated heterocycles. The van der Waals surface area contributed by atoms with Crippen LogP contribution in [-0.4, -0.2) is 34.2 Å². The predicted molar refractivity (Wildman–Crippen MR) is 117 cm³/mol. The van der Waals surface area contributed by atoms with Crippen LogP contribution < -0.4 is 21.0 Å². The normalized spacial score (nSPS) is 11.0. The number of hydrogen-bond acceptors (Lipinski definition) is 6. The Morgan fingerprint density at radius 2 is 1.97 bits per heavy atom. The van der Waals surface area contributed by atoms with Gasteiger partial charge in [-0.05, 0) is 39.3 Å². The van der Waals surface area contributed by atoms with Crippen molar-refractivity contribution in [1.29, 1.82) is 0 Å². The van der Waals surface area contributed by atoms with E-state index in [4.69, 9.17) is 9.15 Å². The van der Waals surface area contributed by atoms with E-state index in [1.54, 1.807) is 29.1 Å². The molecule has 3 rings (SSSR count). The number of fused-ring (bicyclic) bond motifs is 1. The van der Waals surface area contributed by atoms with Gasteiger partial charge in [0.15, 0.2) is 5.69 Å². The Morgan fingerprint density at radius 3 is 2.65 bits per heavy atom. The lowest BCUT2D eigenvalue weighted by atomic mass is 10.1. The maximum Gasteiger partial charge on any atom is 0.337 e. The van der Waals surface area contributed by atoms with E-state index in [-0.39, 0.29) is 34.5 Å². The molecule has 9 nitrogen and oxygen atoms in total. The summed E-state index contributed by atoms with van der Waals surface area (Å²) in [7, 11) is 0. The number of benzene rings is 1. The molecule has 0 aliphatic heterocycles. The molecule has 2 N–H and O–H groups in total. The van der Waals surface area contributed by atoms with Gasteiger partial charge in [-0.15, -0.1) is 0 Å². The summed E-state index contributed by atoms with van der Waals surface area (Å²) >= 11 is 0. The van der Waals surface area contributed by atoms with Gasteiger partial charge < -0.3 is 19.8 Å². The second kappa shape index (κ2) is 9.46. The van der Waals surface area contributed by atoms with E-state index in [0.29, 0.717) is 24.2 Å². The van der Waals surface area contributed by atoms with Crippen LogP contribution in [-0.2, 0) is 6.54 Å². The van der Waals surface area contributed by atoms with Gasteiger partial charge in [0.25, 0.3) is 11.8 Å². The number of ether oxygens (including phenoxy) is 1. The molecule has 0 unspecified atom stereocenters. The van der Waals surface area contributed by atoms with Crippen LogP contribution in [0.4, 0.5) is 5.69 Å². The smallest absolute Gasteiger partial charge is 0.337 e. The number of nitrogens with one attached hydrogen (secondary N) is 2. The van der Waals surface area contributed by atoms with Crippen LogP contribution in [0.3, 0.4) is 0 Å². The first kappa shape index (κ1) is 22.1. The molecule has 0 aliphatic carbocycles. The van der Waals surface area contributed by atoms with Crippen LogP contribution in [0, 0.1) is 0 Å². The monoisotopic (exact) mass is 426 g/mol. The number of carbonyl (C=O) groups is 2. The lowest BCUT2D eigenvalue weighted by Crippen LogP contribution is -2.26. The van der Waals surface area contributed by atoms with Gasteiger partial charge in [0, 0.05) is 36.8 Å². The van der Waals surface area contributed by atoms with Crippen LogP contribution in [0.25, 0.3) is 11.0 Å². The molecule has 31 heavy (non-hydrogen) atoms. The van der Waals surface area contributed by atoms with Gasteiger partial charge in [-0.2, -0.15) is 5.10 Å². The minimum Gasteiger partial charge on any atom is -0.491 e. The summed E-state index contributed by atoms with van der Waals surface area (Å²) in [5.41, 5.74) is 0.0853. The lowest BCUT2D eigenvalue weighted by Gasteiger charge is -2.11. The molecule has 2 heterocycles. The van der Waals surface area contributed by atoms with E-state index in [1.165, 1.54) is 0 Å². The van der Waals surface area contributed by atoms with Crippen molar-refractivity contribution >= 4 is 28.5 Å². The van der Waals surface area contributed by atoms with E-state index < -0.39 is 11.5 Å². The van der Waals surface area contributed by atoms with E-state index in [1.807, 2.05) is 27.7 Å². The fraction of sp³-hybridized carbons (Fsp3) is 0.364. The average Bonchev–Trinajstić information content (AvgIpc) is 3.13. The lowest BCUT2D eigenvalue weighted by molar-refractivity contribution is 0.0948. The number of hydrogen-bond donors (Lipinski definition) is 2. The topological polar surface area (TPSA) is 115 Å². The third-order valence-electron chi connectivity index (χ3n) is 4.42. The van der Waals surface area contributed by atoms with Crippen molar-refractivity contribution in [2.24, 2.45) is 0 Å². The summed E-state index contributed by atoms with van der Waals surface area (Å²) in [5.74, 6) is -0.393. The maximum atomic E-state index is 13.0. The van der Waals surface area contributed by atoms with E-state index in [2.05, 4.69) is 15.7 Å². The maximum absolute atomic E-state index is 13.0. The molecule has 0 saturated carbocycles. The number of rotatable bonds is 8. The quantitative estimate of drug-likeness (QED) is 0.535. The fourth-order valence-corrected chi connectivity index (χ4v) is 3.03. The number of anilines is 1. The molecule has 9 heteroatoms. The van der Waals surface area contributed by atoms with Crippen LogP contribution in [0.5, 0.6) is 5.75 Å². The van der Waals surface area contributed by atoms with Gasteiger partial charge in [0.05, 0.1) is 17.4 Å². The molecular weight excluding hydrogens is 400 g/mol. The van der Waals surface area contributed by atoms with Crippen molar-refractivity contribution in [2.45, 2.75) is 46.8 Å². The molecule has 3 aromatic rings. The van der Waals surface area contributed by atoms with Crippen LogP contribution in [0.15, 0.2) is 39.7 Å². The van der Waals surface area contributed by atoms with E-state index in [0.717, 1.165) is 12.5 Å². The number of aromatic nitrogens is 2. The van der Waals surface area contributed by atoms with Crippen molar-refractivity contribution in [2.75, 3.05) is 11.9 Å². The zero-order chi connectivity index (χ0) is 22.5. The van der Waals surface area contributed by atoms with Crippen LogP contribution >= 0.6 is 0 Å². The first-order valence-electron chi connectivity index (χ1n) is 10.2. The number of aryl methyl sites for hydroxylation is 1. The van der Waals surface area contributed by atoms with Crippen LogP contribution in [0.1, 0.15) is 55.0 Å². The van der Waals surface area contributed by atoms with Crippen molar-refractivity contribution in [3.8, 4) is 5.75 Å². The van der Waals surface area contributed by atoms with Gasteiger partial charge in [0.2, 0.25) is 0 Å². The average molecular weight is 426 g/mol. The number of amides is 2. The van der Waals surface area contributed by atoms with E-state index >= 15 is 0 Å². The second-order valence-electron chi connectivity index (χ2n) is 7.26. The zero-order valence-electron chi connectivity index (χ0n) is 18.0. The standard InChI is InChI=1S/C22H26N4O5/c1-5-9-23-22(29)20-17(12-26(6-2)25-20)24-21(28)16-11-19(27)31-18-10-14(30-13(3)4)7-8-15(16)18/h7-8,10-13H,5-6,9H2,1-4H3,(H,23,29)(H,24,28). The molecule has 0 atom stereocenters. The van der Waals surface area contributed by atoms with Gasteiger partial charge in [-0.25, -0.2) is 4.79 Å².